The molecule has 33 heavy (non-hydrogen) atoms. The maximum Gasteiger partial charge on any atom is 2.00 e. The minimum absolute atomic E-state index is 0. The molecular weight excluding hydrogens is 586 g/mol. The Kier molecular flexibility index (Phi) is 14.4. The van der Waals surface area contributed by atoms with Crippen LogP contribution in [-0.4, -0.2) is 74.8 Å². The summed E-state index contributed by atoms with van der Waals surface area (Å²) < 4.78 is 66.4. The van der Waals surface area contributed by atoms with Crippen LogP contribution < -0.4 is 0 Å². The molecule has 0 aliphatic carbocycles. The van der Waals surface area contributed by atoms with E-state index in [0.29, 0.717) is 36.8 Å². The fourth-order valence-electron chi connectivity index (χ4n) is 3.14. The van der Waals surface area contributed by atoms with Crippen molar-refractivity contribution in [3.63, 3.8) is 0 Å². The van der Waals surface area contributed by atoms with Gasteiger partial charge in [-0.1, -0.05) is 48.6 Å². The van der Waals surface area contributed by atoms with E-state index in [4.69, 9.17) is 0 Å². The van der Waals surface area contributed by atoms with Gasteiger partial charge in [0.1, 0.15) is 20.2 Å². The van der Waals surface area contributed by atoms with Gasteiger partial charge in [-0.15, -0.1) is 26.3 Å². The van der Waals surface area contributed by atoms with E-state index in [1.165, 1.54) is 12.1 Å². The maximum atomic E-state index is 11.1. The van der Waals surface area contributed by atoms with Crippen molar-refractivity contribution >= 4 is 69.1 Å². The third kappa shape index (κ3) is 9.89. The van der Waals surface area contributed by atoms with Gasteiger partial charge >= 0.3 is 48.9 Å². The van der Waals surface area contributed by atoms with E-state index in [-0.39, 0.29) is 58.7 Å². The summed E-state index contributed by atoms with van der Waals surface area (Å²) in [5.74, 6) is 0. The minimum atomic E-state index is -4.43. The van der Waals surface area contributed by atoms with Crippen LogP contribution in [-0.2, 0) is 45.9 Å². The predicted molar refractivity (Wildman–Crippen MR) is 130 cm³/mol. The molecule has 0 aliphatic rings. The van der Waals surface area contributed by atoms with Gasteiger partial charge in [0.2, 0.25) is 0 Å². The van der Waals surface area contributed by atoms with Gasteiger partial charge in [-0.05, 0) is 60.1 Å². The molecule has 0 spiro atoms. The van der Waals surface area contributed by atoms with E-state index in [0.717, 1.165) is 11.1 Å². The van der Waals surface area contributed by atoms with Crippen LogP contribution in [0.2, 0.25) is 0 Å². The molecule has 2 aromatic carbocycles. The van der Waals surface area contributed by atoms with E-state index in [2.05, 4.69) is 26.3 Å². The molecule has 0 amide bonds. The van der Waals surface area contributed by atoms with Crippen LogP contribution in [0.3, 0.4) is 0 Å². The predicted octanol–water partition coefficient (Wildman–Crippen LogP) is 3.71. The second kappa shape index (κ2) is 14.9. The molecule has 0 saturated carbocycles. The van der Waals surface area contributed by atoms with Gasteiger partial charge in [0.25, 0.3) is 0 Å². The van der Waals surface area contributed by atoms with Gasteiger partial charge in [0.15, 0.2) is 0 Å². The van der Waals surface area contributed by atoms with E-state index >= 15 is 0 Å². The Hall–Kier alpha value is -1.21. The fraction of sp³-hybridized carbons (Fsp3) is 0.167. The molecule has 0 saturated heterocycles. The molecule has 2 rings (SSSR count). The Labute approximate surface area is 237 Å². The molecule has 0 atom stereocenters. The van der Waals surface area contributed by atoms with Crippen molar-refractivity contribution < 1.29 is 25.9 Å². The Morgan fingerprint density at radius 1 is 0.606 bits per heavy atom. The molecule has 0 aliphatic heterocycles. The second-order valence-electron chi connectivity index (χ2n) is 6.67. The first kappa shape index (κ1) is 31.8. The average molecular weight is 612 g/mol. The van der Waals surface area contributed by atoms with Gasteiger partial charge in [-0.3, -0.25) is 0 Å². The zero-order valence-electron chi connectivity index (χ0n) is 18.4. The van der Waals surface area contributed by atoms with E-state index in [1.807, 2.05) is 0 Å². The first-order valence-electron chi connectivity index (χ1n) is 9.58. The van der Waals surface area contributed by atoms with Crippen molar-refractivity contribution in [2.45, 2.75) is 35.5 Å². The Morgan fingerprint density at radius 2 is 0.909 bits per heavy atom. The summed E-state index contributed by atoms with van der Waals surface area (Å²) in [6.07, 6.45) is 8.29. The van der Waals surface area contributed by atoms with Crippen LogP contribution in [0.15, 0.2) is 96.8 Å². The zero-order chi connectivity index (χ0) is 24.4. The third-order valence-electron chi connectivity index (χ3n) is 4.42. The smallest absolute Gasteiger partial charge is 0.744 e. The molecule has 0 N–H and O–H groups in total. The number of allylic oxidation sites excluding steroid dienone is 4. The molecule has 0 bridgehead atoms. The molecule has 0 fully saturated rings. The van der Waals surface area contributed by atoms with Crippen molar-refractivity contribution in [2.24, 2.45) is 0 Å². The average Bonchev–Trinajstić information content (AvgIpc) is 2.70. The number of benzene rings is 2. The van der Waals surface area contributed by atoms with Crippen molar-refractivity contribution in [2.75, 3.05) is 0 Å². The number of hydrogen-bond donors (Lipinski definition) is 0. The Bertz CT molecular complexity index is 1100. The fourth-order valence-corrected chi connectivity index (χ4v) is 4.66. The zero-order valence-corrected chi connectivity index (χ0v) is 24.5. The summed E-state index contributed by atoms with van der Waals surface area (Å²) in [6.45, 7) is 14.3. The molecule has 6 nitrogen and oxygen atoms in total. The topological polar surface area (TPSA) is 114 Å². The normalized spacial score (nSPS) is 10.7. The monoisotopic (exact) mass is 612 g/mol. The number of rotatable bonds is 10. The Balaban J connectivity index is 0.000000602. The summed E-state index contributed by atoms with van der Waals surface area (Å²) in [4.78, 5) is -0.321. The van der Waals surface area contributed by atoms with Crippen LogP contribution in [0.5, 0.6) is 0 Å². The van der Waals surface area contributed by atoms with Gasteiger partial charge in [0.05, 0.1) is 9.79 Å². The summed E-state index contributed by atoms with van der Waals surface area (Å²) in [5.41, 5.74) is 2.64. The van der Waals surface area contributed by atoms with Crippen molar-refractivity contribution in [1.29, 1.82) is 0 Å². The Morgan fingerprint density at radius 3 is 1.15 bits per heavy atom. The van der Waals surface area contributed by atoms with Gasteiger partial charge in [-0.2, -0.15) is 0 Å². The summed E-state index contributed by atoms with van der Waals surface area (Å²) in [5, 5.41) is 0. The molecule has 2 aromatic rings. The van der Waals surface area contributed by atoms with Crippen LogP contribution in [0.25, 0.3) is 0 Å². The summed E-state index contributed by atoms with van der Waals surface area (Å²) in [6, 6.07) is 9.36. The first-order valence-corrected chi connectivity index (χ1v) is 12.4. The summed E-state index contributed by atoms with van der Waals surface area (Å²) in [7, 11) is -8.86. The molecule has 9 heteroatoms. The molecule has 172 valence electrons. The minimum Gasteiger partial charge on any atom is -0.744 e. The van der Waals surface area contributed by atoms with E-state index < -0.39 is 20.2 Å². The second-order valence-corrected chi connectivity index (χ2v) is 9.36. The molecule has 0 aromatic heterocycles. The molecule has 0 unspecified atom stereocenters. The van der Waals surface area contributed by atoms with Crippen molar-refractivity contribution in [3.05, 3.63) is 109 Å². The van der Waals surface area contributed by atoms with Crippen molar-refractivity contribution in [3.8, 4) is 0 Å². The standard InChI is InChI=1S/2C12H14O3S.Ba/c2*1-3-6-10-8-5-9-12(16(13,14)15)11(10)7-4-2;/h2*3-5,8-9H,1-2,6-7H2,(H,13,14,15);/q;;+2/p-2. The maximum absolute atomic E-state index is 11.1. The van der Waals surface area contributed by atoms with Crippen LogP contribution in [0.4, 0.5) is 0 Å². The SMILES string of the molecule is C=CCc1cccc(S(=O)(=O)[O-])c1CC=C.C=CCc1cccc(S(=O)(=O)[O-])c1CC=C.[Ba+2]. The van der Waals surface area contributed by atoms with Gasteiger partial charge < -0.3 is 9.11 Å². The van der Waals surface area contributed by atoms with Gasteiger partial charge in [-0.25, -0.2) is 16.8 Å². The first-order chi connectivity index (χ1) is 15.0. The quantitative estimate of drug-likeness (QED) is 0.230. The van der Waals surface area contributed by atoms with Crippen molar-refractivity contribution in [1.82, 2.24) is 0 Å². The third-order valence-corrected chi connectivity index (χ3v) is 6.27. The summed E-state index contributed by atoms with van der Waals surface area (Å²) >= 11 is 0. The number of hydrogen-bond acceptors (Lipinski definition) is 6. The molecule has 0 radical (unpaired) electrons. The van der Waals surface area contributed by atoms with E-state index in [1.54, 1.807) is 48.6 Å². The van der Waals surface area contributed by atoms with Crippen LogP contribution in [0.1, 0.15) is 22.3 Å². The molecular formula is C24H26BaO6S2. The van der Waals surface area contributed by atoms with Crippen LogP contribution >= 0.6 is 0 Å². The van der Waals surface area contributed by atoms with Crippen LogP contribution in [0, 0.1) is 0 Å². The largest absolute Gasteiger partial charge is 2.00 e. The molecule has 0 heterocycles. The van der Waals surface area contributed by atoms with E-state index in [9.17, 15) is 25.9 Å². The van der Waals surface area contributed by atoms with Gasteiger partial charge in [0, 0.05) is 0 Å².